The maximum atomic E-state index is 5.72. The maximum absolute atomic E-state index is 5.72. The molecule has 19 heavy (non-hydrogen) atoms. The van der Waals surface area contributed by atoms with Crippen LogP contribution in [0.4, 0.5) is 11.6 Å². The van der Waals surface area contributed by atoms with Crippen molar-refractivity contribution >= 4 is 11.6 Å². The van der Waals surface area contributed by atoms with E-state index in [0.717, 1.165) is 44.1 Å². The Labute approximate surface area is 115 Å². The van der Waals surface area contributed by atoms with Gasteiger partial charge in [0.05, 0.1) is 0 Å². The van der Waals surface area contributed by atoms with Crippen LogP contribution in [0, 0.1) is 0 Å². The first-order valence-electron chi connectivity index (χ1n) is 7.37. The Morgan fingerprint density at radius 3 is 3.11 bits per heavy atom. The third-order valence-electron chi connectivity index (χ3n) is 3.63. The fourth-order valence-electron chi connectivity index (χ4n) is 2.65. The smallest absolute Gasteiger partial charge is 0.134 e. The summed E-state index contributed by atoms with van der Waals surface area (Å²) in [5, 5.41) is 3.32. The molecule has 1 aliphatic rings. The van der Waals surface area contributed by atoms with Crippen LogP contribution in [0.3, 0.4) is 0 Å². The average Bonchev–Trinajstić information content (AvgIpc) is 2.46. The van der Waals surface area contributed by atoms with Crippen molar-refractivity contribution < 1.29 is 0 Å². The Bertz CT molecular complexity index is 380. The van der Waals surface area contributed by atoms with Crippen molar-refractivity contribution in [2.75, 3.05) is 29.9 Å². The molecule has 1 fully saturated rings. The number of hydrogen-bond acceptors (Lipinski definition) is 5. The molecule has 1 aromatic heterocycles. The van der Waals surface area contributed by atoms with Gasteiger partial charge in [0.25, 0.3) is 0 Å². The molecular weight excluding hydrogens is 238 g/mol. The molecule has 1 unspecified atom stereocenters. The van der Waals surface area contributed by atoms with Crippen LogP contribution in [0.15, 0.2) is 12.4 Å². The largest absolute Gasteiger partial charge is 0.370 e. The Hall–Kier alpha value is -1.36. The van der Waals surface area contributed by atoms with E-state index in [1.54, 1.807) is 6.33 Å². The van der Waals surface area contributed by atoms with Crippen LogP contribution in [0.5, 0.6) is 0 Å². The van der Waals surface area contributed by atoms with E-state index in [2.05, 4.69) is 33.2 Å². The third kappa shape index (κ3) is 3.80. The van der Waals surface area contributed by atoms with Crippen molar-refractivity contribution in [2.24, 2.45) is 5.73 Å². The quantitative estimate of drug-likeness (QED) is 0.821. The molecule has 0 amide bonds. The number of rotatable bonds is 6. The predicted octanol–water partition coefficient (Wildman–Crippen LogP) is 2.01. The van der Waals surface area contributed by atoms with Gasteiger partial charge in [0.1, 0.15) is 18.0 Å². The van der Waals surface area contributed by atoms with Gasteiger partial charge in [0, 0.05) is 25.2 Å². The fourth-order valence-corrected chi connectivity index (χ4v) is 2.65. The molecule has 2 rings (SSSR count). The lowest BCUT2D eigenvalue weighted by molar-refractivity contribution is 0.438. The molecule has 1 saturated heterocycles. The van der Waals surface area contributed by atoms with Gasteiger partial charge in [-0.05, 0) is 38.6 Å². The summed E-state index contributed by atoms with van der Waals surface area (Å²) < 4.78 is 0. The molecule has 0 radical (unpaired) electrons. The first-order chi connectivity index (χ1) is 9.35. The van der Waals surface area contributed by atoms with Crippen molar-refractivity contribution in [1.82, 2.24) is 9.97 Å². The van der Waals surface area contributed by atoms with Crippen LogP contribution in [0.2, 0.25) is 0 Å². The SMILES string of the molecule is CCCNc1cc(N2CCCCC2CCN)ncn1. The molecule has 0 aromatic carbocycles. The topological polar surface area (TPSA) is 67.1 Å². The standard InChI is InChI=1S/C14H25N5/c1-2-8-16-13-10-14(18-11-17-13)19-9-4-3-5-12(19)6-7-15/h10-12H,2-9,15H2,1H3,(H,16,17,18). The highest BCUT2D eigenvalue weighted by molar-refractivity contribution is 5.49. The minimum atomic E-state index is 0.535. The summed E-state index contributed by atoms with van der Waals surface area (Å²) >= 11 is 0. The van der Waals surface area contributed by atoms with Gasteiger partial charge in [0.15, 0.2) is 0 Å². The maximum Gasteiger partial charge on any atom is 0.134 e. The van der Waals surface area contributed by atoms with Gasteiger partial charge in [-0.15, -0.1) is 0 Å². The van der Waals surface area contributed by atoms with Crippen molar-refractivity contribution in [3.8, 4) is 0 Å². The summed E-state index contributed by atoms with van der Waals surface area (Å²) in [5.41, 5.74) is 5.72. The summed E-state index contributed by atoms with van der Waals surface area (Å²) in [6.45, 7) is 4.92. The zero-order valence-electron chi connectivity index (χ0n) is 11.8. The minimum Gasteiger partial charge on any atom is -0.370 e. The number of piperidine rings is 1. The monoisotopic (exact) mass is 263 g/mol. The van der Waals surface area contributed by atoms with E-state index >= 15 is 0 Å². The molecular formula is C14H25N5. The number of nitrogens with two attached hydrogens (primary N) is 1. The van der Waals surface area contributed by atoms with E-state index in [0.29, 0.717) is 6.04 Å². The predicted molar refractivity (Wildman–Crippen MR) is 79.5 cm³/mol. The summed E-state index contributed by atoms with van der Waals surface area (Å²) in [5.74, 6) is 1.95. The van der Waals surface area contributed by atoms with Crippen LogP contribution >= 0.6 is 0 Å². The van der Waals surface area contributed by atoms with Crippen LogP contribution in [-0.2, 0) is 0 Å². The van der Waals surface area contributed by atoms with Gasteiger partial charge < -0.3 is 16.0 Å². The van der Waals surface area contributed by atoms with E-state index in [1.165, 1.54) is 19.3 Å². The lowest BCUT2D eigenvalue weighted by atomic mass is 9.99. The molecule has 1 aromatic rings. The van der Waals surface area contributed by atoms with Crippen LogP contribution in [-0.4, -0.2) is 35.6 Å². The second kappa shape index (κ2) is 7.28. The van der Waals surface area contributed by atoms with E-state index in [9.17, 15) is 0 Å². The highest BCUT2D eigenvalue weighted by Crippen LogP contribution is 2.25. The van der Waals surface area contributed by atoms with E-state index in [1.807, 2.05) is 0 Å². The Balaban J connectivity index is 2.09. The summed E-state index contributed by atoms with van der Waals surface area (Å²) in [4.78, 5) is 11.1. The molecule has 106 valence electrons. The van der Waals surface area contributed by atoms with Crippen molar-refractivity contribution in [1.29, 1.82) is 0 Å². The van der Waals surface area contributed by atoms with Gasteiger partial charge in [-0.3, -0.25) is 0 Å². The molecule has 0 aliphatic carbocycles. The zero-order chi connectivity index (χ0) is 13.5. The summed E-state index contributed by atoms with van der Waals surface area (Å²) in [6.07, 6.45) is 7.55. The van der Waals surface area contributed by atoms with E-state index in [4.69, 9.17) is 5.73 Å². The second-order valence-corrected chi connectivity index (χ2v) is 5.11. The first-order valence-corrected chi connectivity index (χ1v) is 7.37. The molecule has 1 aliphatic heterocycles. The Morgan fingerprint density at radius 1 is 1.42 bits per heavy atom. The number of aromatic nitrogens is 2. The van der Waals surface area contributed by atoms with Gasteiger partial charge in [-0.2, -0.15) is 0 Å². The zero-order valence-corrected chi connectivity index (χ0v) is 11.8. The lowest BCUT2D eigenvalue weighted by Gasteiger charge is -2.36. The number of nitrogens with one attached hydrogen (secondary N) is 1. The van der Waals surface area contributed by atoms with Gasteiger partial charge in [0.2, 0.25) is 0 Å². The molecule has 0 bridgehead atoms. The van der Waals surface area contributed by atoms with Gasteiger partial charge in [-0.1, -0.05) is 6.92 Å². The van der Waals surface area contributed by atoms with E-state index in [-0.39, 0.29) is 0 Å². The second-order valence-electron chi connectivity index (χ2n) is 5.11. The number of nitrogens with zero attached hydrogens (tertiary/aromatic N) is 3. The van der Waals surface area contributed by atoms with Crippen molar-refractivity contribution in [3.05, 3.63) is 12.4 Å². The summed E-state index contributed by atoms with van der Waals surface area (Å²) in [6, 6.07) is 2.59. The van der Waals surface area contributed by atoms with Crippen LogP contribution in [0.1, 0.15) is 39.0 Å². The molecule has 1 atom stereocenters. The number of anilines is 2. The minimum absolute atomic E-state index is 0.535. The normalized spacial score (nSPS) is 19.5. The molecule has 3 N–H and O–H groups in total. The summed E-state index contributed by atoms with van der Waals surface area (Å²) in [7, 11) is 0. The lowest BCUT2D eigenvalue weighted by Crippen LogP contribution is -2.41. The molecule has 2 heterocycles. The van der Waals surface area contributed by atoms with Crippen molar-refractivity contribution in [3.63, 3.8) is 0 Å². The molecule has 0 saturated carbocycles. The first kappa shape index (κ1) is 14.1. The highest BCUT2D eigenvalue weighted by atomic mass is 15.2. The molecule has 5 heteroatoms. The fraction of sp³-hybridized carbons (Fsp3) is 0.714. The Kier molecular flexibility index (Phi) is 5.39. The highest BCUT2D eigenvalue weighted by Gasteiger charge is 2.23. The number of hydrogen-bond donors (Lipinski definition) is 2. The van der Waals surface area contributed by atoms with Gasteiger partial charge >= 0.3 is 0 Å². The molecule has 0 spiro atoms. The van der Waals surface area contributed by atoms with E-state index < -0.39 is 0 Å². The third-order valence-corrected chi connectivity index (χ3v) is 3.63. The van der Waals surface area contributed by atoms with Crippen molar-refractivity contribution in [2.45, 2.75) is 45.1 Å². The van der Waals surface area contributed by atoms with Crippen LogP contribution in [0.25, 0.3) is 0 Å². The molecule has 5 nitrogen and oxygen atoms in total. The van der Waals surface area contributed by atoms with Crippen LogP contribution < -0.4 is 16.0 Å². The Morgan fingerprint density at radius 2 is 2.32 bits per heavy atom. The average molecular weight is 263 g/mol. The van der Waals surface area contributed by atoms with Gasteiger partial charge in [-0.25, -0.2) is 9.97 Å².